The van der Waals surface area contributed by atoms with Crippen molar-refractivity contribution in [1.82, 2.24) is 5.32 Å². The van der Waals surface area contributed by atoms with E-state index in [2.05, 4.69) is 5.32 Å². The van der Waals surface area contributed by atoms with Gasteiger partial charge in [-0.1, -0.05) is 18.2 Å². The van der Waals surface area contributed by atoms with Crippen LogP contribution >= 0.6 is 0 Å². The number of halogens is 2. The number of fused-ring (bicyclic) bond motifs is 1. The molecule has 3 rings (SSSR count). The van der Waals surface area contributed by atoms with E-state index in [1.54, 1.807) is 7.05 Å². The second-order valence-electron chi connectivity index (χ2n) is 4.85. The molecule has 1 aliphatic heterocycles. The van der Waals surface area contributed by atoms with Crippen LogP contribution < -0.4 is 10.1 Å². The first kappa shape index (κ1) is 13.1. The van der Waals surface area contributed by atoms with Gasteiger partial charge in [0.2, 0.25) is 0 Å². The van der Waals surface area contributed by atoms with E-state index in [0.717, 1.165) is 29.4 Å². The Morgan fingerprint density at radius 2 is 2.00 bits per heavy atom. The molecule has 2 aromatic carbocycles. The minimum Gasteiger partial charge on any atom is -0.493 e. The van der Waals surface area contributed by atoms with Crippen molar-refractivity contribution < 1.29 is 13.5 Å². The molecule has 0 spiro atoms. The maximum absolute atomic E-state index is 13.9. The van der Waals surface area contributed by atoms with Crippen LogP contribution in [-0.4, -0.2) is 13.7 Å². The molecule has 0 saturated carbocycles. The van der Waals surface area contributed by atoms with Crippen molar-refractivity contribution in [2.24, 2.45) is 0 Å². The van der Waals surface area contributed by atoms with Gasteiger partial charge in [-0.05, 0) is 30.3 Å². The van der Waals surface area contributed by atoms with Crippen molar-refractivity contribution in [3.63, 3.8) is 0 Å². The van der Waals surface area contributed by atoms with Crippen LogP contribution in [0.3, 0.4) is 0 Å². The zero-order valence-electron chi connectivity index (χ0n) is 11.1. The molecule has 1 atom stereocenters. The van der Waals surface area contributed by atoms with Crippen LogP contribution in [0, 0.1) is 11.6 Å². The molecule has 2 nitrogen and oxygen atoms in total. The highest BCUT2D eigenvalue weighted by Crippen LogP contribution is 2.31. The number of hydrogen-bond donors (Lipinski definition) is 1. The van der Waals surface area contributed by atoms with Gasteiger partial charge in [0, 0.05) is 18.1 Å². The zero-order valence-corrected chi connectivity index (χ0v) is 11.1. The highest BCUT2D eigenvalue weighted by atomic mass is 19.1. The third-order valence-electron chi connectivity index (χ3n) is 3.61. The molecular formula is C16H15F2NO. The third-order valence-corrected chi connectivity index (χ3v) is 3.61. The summed E-state index contributed by atoms with van der Waals surface area (Å²) in [7, 11) is 1.76. The minimum atomic E-state index is -0.566. The fourth-order valence-corrected chi connectivity index (χ4v) is 2.62. The van der Waals surface area contributed by atoms with Gasteiger partial charge in [0.15, 0.2) is 0 Å². The number of benzene rings is 2. The monoisotopic (exact) mass is 275 g/mol. The summed E-state index contributed by atoms with van der Waals surface area (Å²) in [5, 5.41) is 3.08. The van der Waals surface area contributed by atoms with Crippen molar-refractivity contribution in [3.8, 4) is 5.75 Å². The topological polar surface area (TPSA) is 21.3 Å². The van der Waals surface area contributed by atoms with Crippen molar-refractivity contribution in [2.75, 3.05) is 13.7 Å². The molecule has 0 fully saturated rings. The predicted octanol–water partition coefficient (Wildman–Crippen LogP) is 3.21. The van der Waals surface area contributed by atoms with Crippen LogP contribution in [0.4, 0.5) is 8.78 Å². The van der Waals surface area contributed by atoms with Gasteiger partial charge in [0.1, 0.15) is 17.4 Å². The summed E-state index contributed by atoms with van der Waals surface area (Å²) < 4.78 is 32.4. The predicted molar refractivity (Wildman–Crippen MR) is 72.9 cm³/mol. The number of hydrogen-bond acceptors (Lipinski definition) is 2. The average Bonchev–Trinajstić information content (AvgIpc) is 2.89. The largest absolute Gasteiger partial charge is 0.493 e. The van der Waals surface area contributed by atoms with E-state index < -0.39 is 11.6 Å². The normalized spacial score (nSPS) is 14.8. The molecule has 0 aliphatic carbocycles. The van der Waals surface area contributed by atoms with Gasteiger partial charge in [-0.25, -0.2) is 8.78 Å². The molecule has 0 aromatic heterocycles. The first-order chi connectivity index (χ1) is 9.69. The third kappa shape index (κ3) is 2.27. The molecule has 104 valence electrons. The maximum atomic E-state index is 13.9. The molecule has 0 bridgehead atoms. The summed E-state index contributed by atoms with van der Waals surface area (Å²) in [6.45, 7) is 0.688. The maximum Gasteiger partial charge on any atom is 0.131 e. The Kier molecular flexibility index (Phi) is 3.40. The first-order valence-electron chi connectivity index (χ1n) is 6.57. The van der Waals surface area contributed by atoms with Crippen LogP contribution in [0.25, 0.3) is 0 Å². The summed E-state index contributed by atoms with van der Waals surface area (Å²) in [4.78, 5) is 0. The highest BCUT2D eigenvalue weighted by molar-refractivity contribution is 5.43. The SMILES string of the molecule is CNC(c1ccc2c(c1)CCO2)c1ccc(F)cc1F. The Bertz CT molecular complexity index is 642. The molecule has 0 radical (unpaired) electrons. The zero-order chi connectivity index (χ0) is 14.1. The Hall–Kier alpha value is -1.94. The van der Waals surface area contributed by atoms with E-state index in [1.807, 2.05) is 18.2 Å². The Balaban J connectivity index is 2.01. The molecule has 0 saturated heterocycles. The van der Waals surface area contributed by atoms with Crippen molar-refractivity contribution >= 4 is 0 Å². The molecular weight excluding hydrogens is 260 g/mol. The van der Waals surface area contributed by atoms with E-state index in [-0.39, 0.29) is 6.04 Å². The minimum absolute atomic E-state index is 0.304. The highest BCUT2D eigenvalue weighted by Gasteiger charge is 2.19. The summed E-state index contributed by atoms with van der Waals surface area (Å²) >= 11 is 0. The summed E-state index contributed by atoms with van der Waals surface area (Å²) in [6, 6.07) is 9.20. The van der Waals surface area contributed by atoms with Crippen LogP contribution in [0.2, 0.25) is 0 Å². The van der Waals surface area contributed by atoms with Crippen molar-refractivity contribution in [3.05, 3.63) is 64.7 Å². The standard InChI is InChI=1S/C16H15F2NO/c1-19-16(13-4-3-12(17)9-14(13)18)11-2-5-15-10(8-11)6-7-20-15/h2-5,8-9,16,19H,6-7H2,1H3. The van der Waals surface area contributed by atoms with Gasteiger partial charge in [0.05, 0.1) is 12.6 Å². The molecule has 1 aliphatic rings. The van der Waals surface area contributed by atoms with Gasteiger partial charge in [-0.2, -0.15) is 0 Å². The van der Waals surface area contributed by atoms with Gasteiger partial charge < -0.3 is 10.1 Å². The lowest BCUT2D eigenvalue weighted by atomic mass is 9.96. The van der Waals surface area contributed by atoms with E-state index in [1.165, 1.54) is 12.1 Å². The summed E-state index contributed by atoms with van der Waals surface area (Å²) in [6.07, 6.45) is 0.867. The van der Waals surface area contributed by atoms with Crippen molar-refractivity contribution in [2.45, 2.75) is 12.5 Å². The smallest absolute Gasteiger partial charge is 0.131 e. The number of nitrogens with one attached hydrogen (secondary N) is 1. The van der Waals surface area contributed by atoms with E-state index in [9.17, 15) is 8.78 Å². The van der Waals surface area contributed by atoms with E-state index in [4.69, 9.17) is 4.74 Å². The van der Waals surface area contributed by atoms with Crippen LogP contribution in [0.1, 0.15) is 22.7 Å². The fourth-order valence-electron chi connectivity index (χ4n) is 2.62. The van der Waals surface area contributed by atoms with E-state index in [0.29, 0.717) is 12.2 Å². The van der Waals surface area contributed by atoms with Gasteiger partial charge in [-0.3, -0.25) is 0 Å². The Morgan fingerprint density at radius 3 is 2.75 bits per heavy atom. The lowest BCUT2D eigenvalue weighted by Gasteiger charge is -2.18. The summed E-state index contributed by atoms with van der Waals surface area (Å²) in [5.74, 6) is -0.215. The van der Waals surface area contributed by atoms with Crippen LogP contribution in [0.5, 0.6) is 5.75 Å². The van der Waals surface area contributed by atoms with Crippen LogP contribution in [0.15, 0.2) is 36.4 Å². The average molecular weight is 275 g/mol. The van der Waals surface area contributed by atoms with E-state index >= 15 is 0 Å². The fraction of sp³-hybridized carbons (Fsp3) is 0.250. The lowest BCUT2D eigenvalue weighted by molar-refractivity contribution is 0.357. The molecule has 1 heterocycles. The second kappa shape index (κ2) is 5.21. The first-order valence-corrected chi connectivity index (χ1v) is 6.57. The van der Waals surface area contributed by atoms with Gasteiger partial charge >= 0.3 is 0 Å². The van der Waals surface area contributed by atoms with Crippen LogP contribution in [-0.2, 0) is 6.42 Å². The Labute approximate surface area is 116 Å². The molecule has 2 aromatic rings. The molecule has 1 N–H and O–H groups in total. The molecule has 1 unspecified atom stereocenters. The van der Waals surface area contributed by atoms with Gasteiger partial charge in [-0.15, -0.1) is 0 Å². The molecule has 0 amide bonds. The number of rotatable bonds is 3. The lowest BCUT2D eigenvalue weighted by Crippen LogP contribution is -2.19. The quantitative estimate of drug-likeness (QED) is 0.928. The van der Waals surface area contributed by atoms with Gasteiger partial charge in [0.25, 0.3) is 0 Å². The number of ether oxygens (including phenoxy) is 1. The second-order valence-corrected chi connectivity index (χ2v) is 4.85. The van der Waals surface area contributed by atoms with Crippen molar-refractivity contribution in [1.29, 1.82) is 0 Å². The Morgan fingerprint density at radius 1 is 1.15 bits per heavy atom. The summed E-state index contributed by atoms with van der Waals surface area (Å²) in [5.41, 5.74) is 2.51. The molecule has 20 heavy (non-hydrogen) atoms. The molecule has 4 heteroatoms.